The minimum absolute atomic E-state index is 0.288. The molecule has 6 heteroatoms. The molecule has 1 aromatic carbocycles. The van der Waals surface area contributed by atoms with Crippen molar-refractivity contribution in [3.63, 3.8) is 0 Å². The first-order valence-electron chi connectivity index (χ1n) is 4.86. The first-order chi connectivity index (χ1) is 8.33. The van der Waals surface area contributed by atoms with Crippen molar-refractivity contribution in [2.75, 3.05) is 0 Å². The molecular formula is C11H8N6. The third-order valence-corrected chi connectivity index (χ3v) is 2.20. The van der Waals surface area contributed by atoms with E-state index < -0.39 is 0 Å². The summed E-state index contributed by atoms with van der Waals surface area (Å²) in [6.45, 7) is 7.14. The second kappa shape index (κ2) is 4.84. The lowest BCUT2D eigenvalue weighted by atomic mass is 10.3. The molecule has 1 aromatic heterocycles. The zero-order valence-electron chi connectivity index (χ0n) is 8.85. The number of aromatic nitrogens is 2. The number of azide groups is 1. The maximum absolute atomic E-state index is 8.21. The number of benzene rings is 1. The highest BCUT2D eigenvalue weighted by atomic mass is 15.3. The van der Waals surface area contributed by atoms with Crippen LogP contribution in [-0.2, 0) is 6.54 Å². The fourth-order valence-electron chi connectivity index (χ4n) is 1.38. The molecule has 0 unspecified atom stereocenters. The lowest BCUT2D eigenvalue weighted by Gasteiger charge is -2.00. The van der Waals surface area contributed by atoms with Gasteiger partial charge >= 0.3 is 0 Å². The van der Waals surface area contributed by atoms with Crippen molar-refractivity contribution in [2.24, 2.45) is 5.11 Å². The smallest absolute Gasteiger partial charge is 0.187 e. The maximum atomic E-state index is 8.21. The highest BCUT2D eigenvalue weighted by Crippen LogP contribution is 2.15. The van der Waals surface area contributed by atoms with Gasteiger partial charge in [-0.15, -0.1) is 0 Å². The molecule has 0 aliphatic rings. The van der Waals surface area contributed by atoms with Gasteiger partial charge in [0.2, 0.25) is 0 Å². The minimum atomic E-state index is 0.288. The number of nitrogens with zero attached hydrogens (tertiary/aromatic N) is 6. The molecule has 6 nitrogen and oxygen atoms in total. The van der Waals surface area contributed by atoms with Crippen molar-refractivity contribution in [1.29, 1.82) is 0 Å². The Kier molecular flexibility index (Phi) is 3.05. The summed E-state index contributed by atoms with van der Waals surface area (Å²) in [4.78, 5) is 6.01. The molecular weight excluding hydrogens is 216 g/mol. The molecule has 0 aliphatic heterocycles. The van der Waals surface area contributed by atoms with E-state index in [0.29, 0.717) is 5.69 Å². The summed E-state index contributed by atoms with van der Waals surface area (Å²) in [5, 5.41) is 7.61. The van der Waals surface area contributed by atoms with Crippen molar-refractivity contribution in [2.45, 2.75) is 6.54 Å². The number of rotatable bonds is 3. The molecule has 0 spiro atoms. The van der Waals surface area contributed by atoms with Crippen molar-refractivity contribution in [1.82, 2.24) is 9.78 Å². The van der Waals surface area contributed by atoms with Gasteiger partial charge in [-0.3, -0.25) is 0 Å². The first kappa shape index (κ1) is 10.7. The fraction of sp³-hybridized carbons (Fsp3) is 0.0909. The molecule has 0 bridgehead atoms. The van der Waals surface area contributed by atoms with Crippen LogP contribution >= 0.6 is 0 Å². The van der Waals surface area contributed by atoms with E-state index in [1.54, 1.807) is 29.2 Å². The van der Waals surface area contributed by atoms with Crippen molar-refractivity contribution in [3.05, 3.63) is 64.1 Å². The second-order valence-electron chi connectivity index (χ2n) is 3.31. The predicted octanol–water partition coefficient (Wildman–Crippen LogP) is 3.23. The van der Waals surface area contributed by atoms with E-state index in [2.05, 4.69) is 20.0 Å². The number of hydrogen-bond acceptors (Lipinski definition) is 2. The predicted molar refractivity (Wildman–Crippen MR) is 62.7 cm³/mol. The minimum Gasteiger partial charge on any atom is -0.241 e. The maximum Gasteiger partial charge on any atom is 0.187 e. The quantitative estimate of drug-likeness (QED) is 0.341. The summed E-state index contributed by atoms with van der Waals surface area (Å²) in [5.74, 6) is 0. The molecule has 0 atom stereocenters. The summed E-state index contributed by atoms with van der Waals surface area (Å²) in [6, 6.07) is 7.10. The molecule has 2 rings (SSSR count). The molecule has 17 heavy (non-hydrogen) atoms. The summed E-state index contributed by atoms with van der Waals surface area (Å²) in [5.41, 5.74) is 10.5. The van der Waals surface area contributed by atoms with E-state index in [9.17, 15) is 0 Å². The van der Waals surface area contributed by atoms with Gasteiger partial charge in [0, 0.05) is 11.1 Å². The van der Waals surface area contributed by atoms with Crippen LogP contribution in [0.4, 0.5) is 5.69 Å². The topological polar surface area (TPSA) is 70.9 Å². The van der Waals surface area contributed by atoms with Crippen molar-refractivity contribution in [3.8, 4) is 5.69 Å². The summed E-state index contributed by atoms with van der Waals surface area (Å²) in [6.07, 6.45) is 3.44. The fourth-order valence-corrected chi connectivity index (χ4v) is 1.38. The summed E-state index contributed by atoms with van der Waals surface area (Å²) < 4.78 is 1.68. The van der Waals surface area contributed by atoms with Crippen LogP contribution in [0, 0.1) is 6.57 Å². The van der Waals surface area contributed by atoms with E-state index in [4.69, 9.17) is 12.1 Å². The van der Waals surface area contributed by atoms with Gasteiger partial charge in [-0.1, -0.05) is 17.2 Å². The SMILES string of the molecule is [C-]#[N+]c1ccc(-n2cc(CN=[N+]=[N-])cn2)cc1. The van der Waals surface area contributed by atoms with E-state index in [1.165, 1.54) is 0 Å². The Morgan fingerprint density at radius 2 is 2.12 bits per heavy atom. The second-order valence-corrected chi connectivity index (χ2v) is 3.31. The van der Waals surface area contributed by atoms with Gasteiger partial charge in [0.1, 0.15) is 0 Å². The standard InChI is InChI=1S/C11H8N6/c1-13-10-2-4-11(5-3-10)17-8-9(7-15-17)6-14-16-12/h2-5,7-8H,6H2. The highest BCUT2D eigenvalue weighted by Gasteiger charge is 2.00. The summed E-state index contributed by atoms with van der Waals surface area (Å²) in [7, 11) is 0. The zero-order chi connectivity index (χ0) is 12.1. The molecule has 1 heterocycles. The largest absolute Gasteiger partial charge is 0.241 e. The van der Waals surface area contributed by atoms with Crippen molar-refractivity contribution >= 4 is 5.69 Å². The van der Waals surface area contributed by atoms with Crippen LogP contribution in [0.3, 0.4) is 0 Å². The Hall–Kier alpha value is -2.77. The molecule has 0 N–H and O–H groups in total. The van der Waals surface area contributed by atoms with Gasteiger partial charge < -0.3 is 0 Å². The van der Waals surface area contributed by atoms with Gasteiger partial charge in [-0.2, -0.15) is 5.10 Å². The first-order valence-corrected chi connectivity index (χ1v) is 4.86. The van der Waals surface area contributed by atoms with E-state index in [0.717, 1.165) is 11.3 Å². The van der Waals surface area contributed by atoms with E-state index >= 15 is 0 Å². The van der Waals surface area contributed by atoms with E-state index in [-0.39, 0.29) is 6.54 Å². The lowest BCUT2D eigenvalue weighted by molar-refractivity contribution is 0.880. The average Bonchev–Trinajstić information content (AvgIpc) is 2.85. The molecule has 82 valence electrons. The Morgan fingerprint density at radius 3 is 2.76 bits per heavy atom. The monoisotopic (exact) mass is 224 g/mol. The van der Waals surface area contributed by atoms with Crippen LogP contribution in [0.1, 0.15) is 5.56 Å². The molecule has 2 aromatic rings. The van der Waals surface area contributed by atoms with Crippen LogP contribution in [0.15, 0.2) is 41.8 Å². The zero-order valence-corrected chi connectivity index (χ0v) is 8.85. The summed E-state index contributed by atoms with van der Waals surface area (Å²) >= 11 is 0. The van der Waals surface area contributed by atoms with Gasteiger partial charge in [0.15, 0.2) is 5.69 Å². The van der Waals surface area contributed by atoms with Crippen LogP contribution in [-0.4, -0.2) is 9.78 Å². The Bertz CT molecular complexity index is 598. The highest BCUT2D eigenvalue weighted by molar-refractivity contribution is 5.49. The Morgan fingerprint density at radius 1 is 1.35 bits per heavy atom. The molecule has 0 amide bonds. The van der Waals surface area contributed by atoms with Gasteiger partial charge in [-0.25, -0.2) is 9.53 Å². The number of hydrogen-bond donors (Lipinski definition) is 0. The Balaban J connectivity index is 2.24. The van der Waals surface area contributed by atoms with Crippen LogP contribution in [0.25, 0.3) is 21.0 Å². The van der Waals surface area contributed by atoms with Crippen LogP contribution in [0.2, 0.25) is 0 Å². The molecule has 0 saturated heterocycles. The van der Waals surface area contributed by atoms with Crippen molar-refractivity contribution < 1.29 is 0 Å². The molecule has 0 saturated carbocycles. The van der Waals surface area contributed by atoms with Gasteiger partial charge in [-0.05, 0) is 23.2 Å². The Labute approximate surface area is 97.6 Å². The van der Waals surface area contributed by atoms with Gasteiger partial charge in [0.25, 0.3) is 0 Å². The third kappa shape index (κ3) is 2.43. The van der Waals surface area contributed by atoms with Crippen LogP contribution in [0.5, 0.6) is 0 Å². The molecule has 0 aliphatic carbocycles. The van der Waals surface area contributed by atoms with E-state index in [1.807, 2.05) is 12.1 Å². The van der Waals surface area contributed by atoms with Gasteiger partial charge in [0.05, 0.1) is 25.0 Å². The molecule has 0 radical (unpaired) electrons. The van der Waals surface area contributed by atoms with Crippen LogP contribution < -0.4 is 0 Å². The normalized spacial score (nSPS) is 9.35. The average molecular weight is 224 g/mol. The lowest BCUT2D eigenvalue weighted by Crippen LogP contribution is -1.92. The molecule has 0 fully saturated rings. The third-order valence-electron chi connectivity index (χ3n) is 2.20.